The summed E-state index contributed by atoms with van der Waals surface area (Å²) in [6.45, 7) is 3.73. The number of nitrogens with zero attached hydrogens (tertiary/aromatic N) is 3. The number of thiazole rings is 1. The van der Waals surface area contributed by atoms with E-state index in [0.717, 1.165) is 55.2 Å². The molecule has 0 amide bonds. The average Bonchev–Trinajstić information content (AvgIpc) is 3.16. The lowest BCUT2D eigenvalue weighted by Crippen LogP contribution is -2.41. The Morgan fingerprint density at radius 2 is 2.50 bits per heavy atom. The number of ether oxygens (including phenoxy) is 1. The minimum Gasteiger partial charge on any atom is -0.381 e. The molecule has 0 spiro atoms. The van der Waals surface area contributed by atoms with Gasteiger partial charge in [0.15, 0.2) is 5.96 Å². The van der Waals surface area contributed by atoms with E-state index in [2.05, 4.69) is 27.2 Å². The number of aromatic nitrogens is 1. The van der Waals surface area contributed by atoms with Crippen molar-refractivity contribution >= 4 is 53.0 Å². The molecular formula is C14H25IN4OS2. The first-order chi connectivity index (χ1) is 10.3. The van der Waals surface area contributed by atoms with Crippen molar-refractivity contribution in [2.75, 3.05) is 46.2 Å². The fourth-order valence-electron chi connectivity index (χ4n) is 2.30. The summed E-state index contributed by atoms with van der Waals surface area (Å²) in [6, 6.07) is 0. The van der Waals surface area contributed by atoms with Gasteiger partial charge in [0, 0.05) is 57.0 Å². The zero-order valence-corrected chi connectivity index (χ0v) is 17.1. The number of aliphatic imine (C=N–C) groups is 1. The van der Waals surface area contributed by atoms with E-state index in [9.17, 15) is 0 Å². The maximum Gasteiger partial charge on any atom is 0.193 e. The van der Waals surface area contributed by atoms with Gasteiger partial charge in [0.25, 0.3) is 0 Å². The summed E-state index contributed by atoms with van der Waals surface area (Å²) in [6.07, 6.45) is 4.12. The van der Waals surface area contributed by atoms with Crippen molar-refractivity contribution in [3.05, 3.63) is 11.6 Å². The molecule has 5 nitrogen and oxygen atoms in total. The topological polar surface area (TPSA) is 49.8 Å². The van der Waals surface area contributed by atoms with E-state index in [1.807, 2.05) is 30.4 Å². The van der Waals surface area contributed by atoms with Crippen molar-refractivity contribution in [1.82, 2.24) is 15.2 Å². The van der Waals surface area contributed by atoms with Crippen LogP contribution in [0.2, 0.25) is 0 Å². The Kier molecular flexibility index (Phi) is 10.4. The summed E-state index contributed by atoms with van der Waals surface area (Å²) < 4.78 is 6.58. The fraction of sp³-hybridized carbons (Fsp3) is 0.714. The van der Waals surface area contributed by atoms with Crippen LogP contribution < -0.4 is 5.32 Å². The molecule has 1 atom stereocenters. The average molecular weight is 456 g/mol. The minimum atomic E-state index is 0. The molecule has 22 heavy (non-hydrogen) atoms. The molecule has 1 aromatic rings. The van der Waals surface area contributed by atoms with Gasteiger partial charge in [0.05, 0.1) is 6.61 Å². The number of nitrogens with one attached hydrogen (secondary N) is 1. The molecule has 0 aromatic carbocycles. The van der Waals surface area contributed by atoms with Crippen LogP contribution >= 0.6 is 47.1 Å². The molecule has 126 valence electrons. The highest BCUT2D eigenvalue weighted by molar-refractivity contribution is 14.0. The predicted molar refractivity (Wildman–Crippen MR) is 106 cm³/mol. The van der Waals surface area contributed by atoms with E-state index in [1.54, 1.807) is 11.3 Å². The van der Waals surface area contributed by atoms with Crippen LogP contribution in [0.5, 0.6) is 0 Å². The highest BCUT2D eigenvalue weighted by Gasteiger charge is 2.18. The summed E-state index contributed by atoms with van der Waals surface area (Å²) in [5, 5.41) is 5.45. The van der Waals surface area contributed by atoms with Crippen molar-refractivity contribution in [1.29, 1.82) is 0 Å². The first kappa shape index (κ1) is 20.0. The summed E-state index contributed by atoms with van der Waals surface area (Å²) >= 11 is 3.52. The molecule has 8 heteroatoms. The quantitative estimate of drug-likeness (QED) is 0.225. The summed E-state index contributed by atoms with van der Waals surface area (Å²) in [5.74, 6) is 2.69. The monoisotopic (exact) mass is 456 g/mol. The van der Waals surface area contributed by atoms with E-state index in [-0.39, 0.29) is 24.0 Å². The SMILES string of the molecule is CN=C(NCCCSc1nccs1)N(C)CC1CCOC1.I. The number of guanidine groups is 1. The maximum absolute atomic E-state index is 5.43. The van der Waals surface area contributed by atoms with Crippen LogP contribution in [-0.4, -0.2) is 62.0 Å². The van der Waals surface area contributed by atoms with Gasteiger partial charge in [-0.15, -0.1) is 35.3 Å². The van der Waals surface area contributed by atoms with Crippen molar-refractivity contribution in [3.63, 3.8) is 0 Å². The van der Waals surface area contributed by atoms with Crippen LogP contribution in [0.3, 0.4) is 0 Å². The van der Waals surface area contributed by atoms with Crippen molar-refractivity contribution < 1.29 is 4.74 Å². The van der Waals surface area contributed by atoms with Crippen LogP contribution in [0.25, 0.3) is 0 Å². The molecule has 2 heterocycles. The largest absolute Gasteiger partial charge is 0.381 e. The van der Waals surface area contributed by atoms with Crippen molar-refractivity contribution in [2.24, 2.45) is 10.9 Å². The normalized spacial score (nSPS) is 18.1. The second-order valence-electron chi connectivity index (χ2n) is 5.08. The Balaban J connectivity index is 0.00000242. The molecule has 1 unspecified atom stereocenters. The van der Waals surface area contributed by atoms with Crippen molar-refractivity contribution in [2.45, 2.75) is 17.2 Å². The number of thioether (sulfide) groups is 1. The molecule has 1 aliphatic heterocycles. The Morgan fingerprint density at radius 3 is 3.14 bits per heavy atom. The zero-order valence-electron chi connectivity index (χ0n) is 13.2. The molecule has 2 rings (SSSR count). The van der Waals surface area contributed by atoms with Crippen LogP contribution in [0.1, 0.15) is 12.8 Å². The highest BCUT2D eigenvalue weighted by Crippen LogP contribution is 2.20. The smallest absolute Gasteiger partial charge is 0.193 e. The second kappa shape index (κ2) is 11.5. The number of hydrogen-bond acceptors (Lipinski definition) is 5. The van der Waals surface area contributed by atoms with Gasteiger partial charge in [-0.05, 0) is 12.8 Å². The van der Waals surface area contributed by atoms with Gasteiger partial charge in [0.2, 0.25) is 0 Å². The van der Waals surface area contributed by atoms with Crippen LogP contribution in [-0.2, 0) is 4.74 Å². The van der Waals surface area contributed by atoms with Gasteiger partial charge in [0.1, 0.15) is 4.34 Å². The molecule has 0 saturated carbocycles. The Morgan fingerprint density at radius 1 is 1.64 bits per heavy atom. The molecule has 1 saturated heterocycles. The van der Waals surface area contributed by atoms with Crippen LogP contribution in [0.4, 0.5) is 0 Å². The van der Waals surface area contributed by atoms with Gasteiger partial charge >= 0.3 is 0 Å². The molecule has 1 fully saturated rings. The molecule has 0 aliphatic carbocycles. The zero-order chi connectivity index (χ0) is 14.9. The third-order valence-electron chi connectivity index (χ3n) is 3.37. The predicted octanol–water partition coefficient (Wildman–Crippen LogP) is 2.79. The Labute approximate surface area is 158 Å². The first-order valence-electron chi connectivity index (χ1n) is 7.31. The van der Waals surface area contributed by atoms with Gasteiger partial charge in [-0.3, -0.25) is 4.99 Å². The van der Waals surface area contributed by atoms with Crippen molar-refractivity contribution in [3.8, 4) is 0 Å². The maximum atomic E-state index is 5.43. The summed E-state index contributed by atoms with van der Waals surface area (Å²) in [4.78, 5) is 10.8. The molecular weight excluding hydrogens is 431 g/mol. The van der Waals surface area contributed by atoms with Gasteiger partial charge in [-0.1, -0.05) is 11.8 Å². The standard InChI is InChI=1S/C14H24N4OS2.HI/c1-15-13(18(2)10-12-4-7-19-11-12)16-5-3-8-20-14-17-6-9-21-14;/h6,9,12H,3-5,7-8,10-11H2,1-2H3,(H,15,16);1H. The second-order valence-corrected chi connectivity index (χ2v) is 7.32. The molecule has 1 N–H and O–H groups in total. The number of rotatable bonds is 7. The highest BCUT2D eigenvalue weighted by atomic mass is 127. The van der Waals surface area contributed by atoms with Gasteiger partial charge in [-0.2, -0.15) is 0 Å². The van der Waals surface area contributed by atoms with Gasteiger partial charge < -0.3 is 15.0 Å². The number of halogens is 1. The Bertz CT molecular complexity index is 424. The molecule has 1 aliphatic rings. The summed E-state index contributed by atoms with van der Waals surface area (Å²) in [5.41, 5.74) is 0. The fourth-order valence-corrected chi connectivity index (χ4v) is 3.95. The number of hydrogen-bond donors (Lipinski definition) is 1. The minimum absolute atomic E-state index is 0. The van der Waals surface area contributed by atoms with Gasteiger partial charge in [-0.25, -0.2) is 4.98 Å². The third kappa shape index (κ3) is 7.01. The Hall–Kier alpha value is -0.0600. The lowest BCUT2D eigenvalue weighted by atomic mass is 10.1. The van der Waals surface area contributed by atoms with E-state index in [0.29, 0.717) is 5.92 Å². The lowest BCUT2D eigenvalue weighted by Gasteiger charge is -2.24. The molecule has 0 radical (unpaired) electrons. The first-order valence-corrected chi connectivity index (χ1v) is 9.18. The molecule has 1 aromatic heterocycles. The van der Waals surface area contributed by atoms with Crippen LogP contribution in [0, 0.1) is 5.92 Å². The lowest BCUT2D eigenvalue weighted by molar-refractivity contribution is 0.181. The van der Waals surface area contributed by atoms with Crippen LogP contribution in [0.15, 0.2) is 20.9 Å². The summed E-state index contributed by atoms with van der Waals surface area (Å²) in [7, 11) is 3.94. The van der Waals surface area contributed by atoms with E-state index >= 15 is 0 Å². The van der Waals surface area contributed by atoms with E-state index in [4.69, 9.17) is 4.74 Å². The van der Waals surface area contributed by atoms with E-state index in [1.165, 1.54) is 0 Å². The molecule has 0 bridgehead atoms. The van der Waals surface area contributed by atoms with E-state index < -0.39 is 0 Å². The third-order valence-corrected chi connectivity index (χ3v) is 5.42.